The van der Waals surface area contributed by atoms with Crippen LogP contribution in [0.1, 0.15) is 51.9 Å². The molecule has 3 rings (SSSR count). The molecule has 0 aromatic carbocycles. The maximum absolute atomic E-state index is 11.9. The molecule has 4 nitrogen and oxygen atoms in total. The summed E-state index contributed by atoms with van der Waals surface area (Å²) in [6.45, 7) is 5.36. The molecule has 3 fully saturated rings. The molecule has 1 N–H and O–H groups in total. The van der Waals surface area contributed by atoms with Gasteiger partial charge in [0.15, 0.2) is 0 Å². The van der Waals surface area contributed by atoms with Crippen molar-refractivity contribution in [2.24, 2.45) is 11.8 Å². The molecule has 2 saturated heterocycles. The molecule has 2 bridgehead atoms. The Labute approximate surface area is 122 Å². The lowest BCUT2D eigenvalue weighted by atomic mass is 9.84. The molecule has 2 heterocycles. The van der Waals surface area contributed by atoms with Gasteiger partial charge in [0.25, 0.3) is 0 Å². The molecule has 0 spiro atoms. The van der Waals surface area contributed by atoms with Crippen molar-refractivity contribution in [3.63, 3.8) is 0 Å². The van der Waals surface area contributed by atoms with E-state index in [0.717, 1.165) is 31.7 Å². The third-order valence-electron chi connectivity index (χ3n) is 5.36. The van der Waals surface area contributed by atoms with Crippen LogP contribution in [0.3, 0.4) is 0 Å². The Balaban J connectivity index is 1.54. The number of hydrogen-bond donors (Lipinski definition) is 1. The first-order chi connectivity index (χ1) is 9.78. The van der Waals surface area contributed by atoms with Crippen molar-refractivity contribution in [1.29, 1.82) is 0 Å². The third-order valence-corrected chi connectivity index (χ3v) is 5.36. The predicted molar refractivity (Wildman–Crippen MR) is 78.6 cm³/mol. The highest BCUT2D eigenvalue weighted by Crippen LogP contribution is 2.44. The second kappa shape index (κ2) is 6.33. The fraction of sp³-hybridized carbons (Fsp3) is 0.938. The minimum Gasteiger partial charge on any atom is -0.446 e. The lowest BCUT2D eigenvalue weighted by Gasteiger charge is -2.43. The van der Waals surface area contributed by atoms with Crippen LogP contribution in [0.4, 0.5) is 4.79 Å². The molecule has 0 unspecified atom stereocenters. The van der Waals surface area contributed by atoms with Crippen LogP contribution in [-0.2, 0) is 4.74 Å². The number of rotatable bonds is 4. The number of carbonyl (C=O) groups excluding carboxylic acids is 1. The normalized spacial score (nSPS) is 36.5. The van der Waals surface area contributed by atoms with Crippen molar-refractivity contribution < 1.29 is 9.53 Å². The monoisotopic (exact) mass is 280 g/mol. The summed E-state index contributed by atoms with van der Waals surface area (Å²) in [5.74, 6) is 1.34. The summed E-state index contributed by atoms with van der Waals surface area (Å²) in [5.41, 5.74) is 0. The van der Waals surface area contributed by atoms with Crippen molar-refractivity contribution >= 4 is 6.09 Å². The van der Waals surface area contributed by atoms with E-state index < -0.39 is 0 Å². The van der Waals surface area contributed by atoms with Gasteiger partial charge in [-0.05, 0) is 44.6 Å². The molecular weight excluding hydrogens is 252 g/mol. The Kier molecular flexibility index (Phi) is 4.49. The lowest BCUT2D eigenvalue weighted by Crippen LogP contribution is -2.50. The maximum Gasteiger partial charge on any atom is 0.407 e. The van der Waals surface area contributed by atoms with Gasteiger partial charge in [-0.1, -0.05) is 19.8 Å². The van der Waals surface area contributed by atoms with Crippen LogP contribution in [-0.4, -0.2) is 42.8 Å². The summed E-state index contributed by atoms with van der Waals surface area (Å²) in [6, 6.07) is 0.677. The summed E-state index contributed by atoms with van der Waals surface area (Å²) >= 11 is 0. The number of nitrogens with one attached hydrogen (secondary N) is 1. The summed E-state index contributed by atoms with van der Waals surface area (Å²) in [4.78, 5) is 14.5. The van der Waals surface area contributed by atoms with Crippen molar-refractivity contribution in [3.8, 4) is 0 Å². The largest absolute Gasteiger partial charge is 0.446 e. The minimum absolute atomic E-state index is 0.162. The number of amides is 1. The molecule has 2 aliphatic heterocycles. The first-order valence-electron chi connectivity index (χ1n) is 8.46. The molecule has 1 saturated carbocycles. The summed E-state index contributed by atoms with van der Waals surface area (Å²) in [7, 11) is 0. The topological polar surface area (TPSA) is 41.6 Å². The molecule has 0 aromatic heterocycles. The van der Waals surface area contributed by atoms with E-state index in [4.69, 9.17) is 4.74 Å². The van der Waals surface area contributed by atoms with Gasteiger partial charge in [-0.15, -0.1) is 0 Å². The van der Waals surface area contributed by atoms with Gasteiger partial charge in [0, 0.05) is 25.0 Å². The highest BCUT2D eigenvalue weighted by Gasteiger charge is 2.48. The van der Waals surface area contributed by atoms with Gasteiger partial charge in [0.05, 0.1) is 0 Å². The third kappa shape index (κ3) is 2.95. The summed E-state index contributed by atoms with van der Waals surface area (Å²) in [5, 5.41) is 2.89. The SMILES string of the molecule is CCCCNC(=O)O[C@@H]1C[C@H]2C[C@@H]1[C@H]1CCCCN1C2. The van der Waals surface area contributed by atoms with E-state index in [2.05, 4.69) is 17.1 Å². The molecule has 4 atom stereocenters. The highest BCUT2D eigenvalue weighted by molar-refractivity contribution is 5.67. The summed E-state index contributed by atoms with van der Waals surface area (Å²) < 4.78 is 5.74. The molecular formula is C16H28N2O2. The van der Waals surface area contributed by atoms with E-state index in [9.17, 15) is 4.79 Å². The average molecular weight is 280 g/mol. The zero-order chi connectivity index (χ0) is 13.9. The number of fused-ring (bicyclic) bond motifs is 4. The van der Waals surface area contributed by atoms with Crippen LogP contribution in [0.15, 0.2) is 0 Å². The standard InChI is InChI=1S/C16H28N2O2/c1-2-3-7-17-16(19)20-15-10-12-9-13(15)14-6-4-5-8-18(14)11-12/h12-15H,2-11H2,1H3,(H,17,19)/t12-,13-,14-,15-/m1/s1. The quantitative estimate of drug-likeness (QED) is 0.805. The van der Waals surface area contributed by atoms with Gasteiger partial charge < -0.3 is 10.1 Å². The van der Waals surface area contributed by atoms with E-state index in [0.29, 0.717) is 12.0 Å². The number of ether oxygens (including phenoxy) is 1. The van der Waals surface area contributed by atoms with Crippen LogP contribution in [0.25, 0.3) is 0 Å². The molecule has 3 aliphatic rings. The van der Waals surface area contributed by atoms with E-state index in [1.807, 2.05) is 0 Å². The Morgan fingerprint density at radius 2 is 2.25 bits per heavy atom. The average Bonchev–Trinajstić information content (AvgIpc) is 2.76. The molecule has 1 amide bonds. The molecule has 1 aliphatic carbocycles. The number of piperidine rings is 2. The van der Waals surface area contributed by atoms with Gasteiger partial charge >= 0.3 is 6.09 Å². The Bertz CT molecular complexity index is 347. The smallest absolute Gasteiger partial charge is 0.407 e. The predicted octanol–water partition coefficient (Wildman–Crippen LogP) is 2.78. The number of unbranched alkanes of at least 4 members (excludes halogenated alkanes) is 1. The molecule has 114 valence electrons. The van der Waals surface area contributed by atoms with E-state index in [1.165, 1.54) is 38.8 Å². The highest BCUT2D eigenvalue weighted by atomic mass is 16.6. The van der Waals surface area contributed by atoms with E-state index >= 15 is 0 Å². The van der Waals surface area contributed by atoms with Crippen LogP contribution in [0.5, 0.6) is 0 Å². The van der Waals surface area contributed by atoms with E-state index in [-0.39, 0.29) is 12.2 Å². The van der Waals surface area contributed by atoms with Gasteiger partial charge in [0.2, 0.25) is 0 Å². The first-order valence-corrected chi connectivity index (χ1v) is 8.46. The Morgan fingerprint density at radius 1 is 1.35 bits per heavy atom. The van der Waals surface area contributed by atoms with Gasteiger partial charge in [0.1, 0.15) is 6.10 Å². The van der Waals surface area contributed by atoms with Gasteiger partial charge in [-0.2, -0.15) is 0 Å². The Hall–Kier alpha value is -0.770. The Morgan fingerprint density at radius 3 is 3.10 bits per heavy atom. The van der Waals surface area contributed by atoms with Crippen LogP contribution >= 0.6 is 0 Å². The van der Waals surface area contributed by atoms with Crippen LogP contribution in [0.2, 0.25) is 0 Å². The van der Waals surface area contributed by atoms with Crippen molar-refractivity contribution in [1.82, 2.24) is 10.2 Å². The van der Waals surface area contributed by atoms with Crippen molar-refractivity contribution in [2.75, 3.05) is 19.6 Å². The number of nitrogens with zero attached hydrogens (tertiary/aromatic N) is 1. The number of carbonyl (C=O) groups is 1. The first kappa shape index (κ1) is 14.2. The second-order valence-electron chi connectivity index (χ2n) is 6.78. The molecule has 4 heteroatoms. The van der Waals surface area contributed by atoms with Gasteiger partial charge in [-0.25, -0.2) is 4.79 Å². The zero-order valence-corrected chi connectivity index (χ0v) is 12.6. The van der Waals surface area contributed by atoms with Gasteiger partial charge in [-0.3, -0.25) is 4.90 Å². The van der Waals surface area contributed by atoms with Crippen LogP contribution < -0.4 is 5.32 Å². The number of alkyl carbamates (subject to hydrolysis) is 1. The summed E-state index contributed by atoms with van der Waals surface area (Å²) in [6.07, 6.45) is 8.44. The van der Waals surface area contributed by atoms with Crippen LogP contribution in [0, 0.1) is 11.8 Å². The minimum atomic E-state index is -0.196. The fourth-order valence-electron chi connectivity index (χ4n) is 4.43. The number of hydrogen-bond acceptors (Lipinski definition) is 3. The molecule has 0 radical (unpaired) electrons. The molecule has 0 aromatic rings. The zero-order valence-electron chi connectivity index (χ0n) is 12.6. The maximum atomic E-state index is 11.9. The van der Waals surface area contributed by atoms with E-state index in [1.54, 1.807) is 0 Å². The van der Waals surface area contributed by atoms with Crippen molar-refractivity contribution in [2.45, 2.75) is 64.0 Å². The molecule has 20 heavy (non-hydrogen) atoms. The second-order valence-corrected chi connectivity index (χ2v) is 6.78. The van der Waals surface area contributed by atoms with Crippen molar-refractivity contribution in [3.05, 3.63) is 0 Å². The lowest BCUT2D eigenvalue weighted by molar-refractivity contribution is 0.0146. The fourth-order valence-corrected chi connectivity index (χ4v) is 4.43.